The summed E-state index contributed by atoms with van der Waals surface area (Å²) in [7, 11) is 0. The summed E-state index contributed by atoms with van der Waals surface area (Å²) < 4.78 is 22.0. The monoisotopic (exact) mass is 507 g/mol. The maximum absolute atomic E-state index is 11.6. The lowest BCUT2D eigenvalue weighted by Crippen LogP contribution is -2.24. The van der Waals surface area contributed by atoms with Gasteiger partial charge in [0, 0.05) is 11.6 Å². The molecule has 0 aromatic carbocycles. The Hall–Kier alpha value is 0.560. The van der Waals surface area contributed by atoms with Gasteiger partial charge in [0.1, 0.15) is 13.2 Å². The zero-order valence-electron chi connectivity index (χ0n) is 12.7. The van der Waals surface area contributed by atoms with E-state index in [1.807, 2.05) is 0 Å². The maximum Gasteiger partial charge on any atom is 0.333 e. The average Bonchev–Trinajstić information content (AvgIpc) is 2.41. The number of nitrogens with zero attached hydrogens (tertiary/aromatic N) is 3. The standard InChI is InChI=1S/C10H13Cl5N3O4P3/c1-4-9(19)21-5-8(6-22-10(20)7(2)3)23(11)16-24(12,13)18-25(14,15)17-23/h4,8H,1-2,5-6H2,3H3. The number of halogens is 5. The molecule has 15 heteroatoms. The van der Waals surface area contributed by atoms with Crippen LogP contribution in [0.3, 0.4) is 0 Å². The number of carbonyl (C=O) groups is 2. The van der Waals surface area contributed by atoms with Gasteiger partial charge in [-0.15, -0.1) is 0 Å². The Morgan fingerprint density at radius 2 is 1.56 bits per heavy atom. The first-order valence-corrected chi connectivity index (χ1v) is 16.0. The van der Waals surface area contributed by atoms with Crippen LogP contribution in [0, 0.1) is 0 Å². The van der Waals surface area contributed by atoms with Crippen molar-refractivity contribution < 1.29 is 19.1 Å². The van der Waals surface area contributed by atoms with E-state index < -0.39 is 36.0 Å². The molecule has 0 saturated carbocycles. The molecule has 0 aromatic heterocycles. The molecule has 0 bridgehead atoms. The van der Waals surface area contributed by atoms with Crippen LogP contribution in [0.25, 0.3) is 0 Å². The number of esters is 2. The zero-order valence-corrected chi connectivity index (χ0v) is 19.2. The highest BCUT2D eigenvalue weighted by Crippen LogP contribution is 2.87. The van der Waals surface area contributed by atoms with E-state index in [2.05, 4.69) is 26.7 Å². The van der Waals surface area contributed by atoms with Crippen LogP contribution in [0.5, 0.6) is 0 Å². The van der Waals surface area contributed by atoms with E-state index in [0.717, 1.165) is 6.08 Å². The van der Waals surface area contributed by atoms with Gasteiger partial charge in [-0.1, -0.05) is 24.4 Å². The summed E-state index contributed by atoms with van der Waals surface area (Å²) in [4.78, 5) is 23.0. The van der Waals surface area contributed by atoms with Crippen LogP contribution in [-0.2, 0) is 19.1 Å². The van der Waals surface area contributed by atoms with E-state index in [4.69, 9.17) is 65.7 Å². The fourth-order valence-corrected chi connectivity index (χ4v) is 19.8. The Bertz CT molecular complexity index is 764. The molecule has 1 rings (SSSR count). The molecule has 142 valence electrons. The summed E-state index contributed by atoms with van der Waals surface area (Å²) in [5.74, 6) is -7.92. The molecular weight excluding hydrogens is 496 g/mol. The maximum atomic E-state index is 11.6. The van der Waals surface area contributed by atoms with Crippen molar-refractivity contribution >= 4 is 86.5 Å². The first kappa shape index (κ1) is 23.6. The fraction of sp³-hybridized carbons (Fsp3) is 0.400. The summed E-state index contributed by atoms with van der Waals surface area (Å²) in [6.07, 6.45) is 0.960. The van der Waals surface area contributed by atoms with Crippen molar-refractivity contribution in [2.24, 2.45) is 13.5 Å². The molecule has 0 saturated heterocycles. The van der Waals surface area contributed by atoms with E-state index in [1.165, 1.54) is 6.92 Å². The third-order valence-electron chi connectivity index (χ3n) is 2.49. The smallest absolute Gasteiger partial charge is 0.333 e. The first-order chi connectivity index (χ1) is 11.3. The second-order valence-corrected chi connectivity index (χ2v) is 18.6. The Morgan fingerprint density at radius 3 is 2.04 bits per heavy atom. The highest BCUT2D eigenvalue weighted by atomic mass is 35.9. The molecule has 25 heavy (non-hydrogen) atoms. The summed E-state index contributed by atoms with van der Waals surface area (Å²) in [6, 6.07) is 0. The van der Waals surface area contributed by atoms with Crippen LogP contribution in [0.2, 0.25) is 0 Å². The van der Waals surface area contributed by atoms with Gasteiger partial charge >= 0.3 is 11.9 Å². The molecule has 1 aliphatic heterocycles. The lowest BCUT2D eigenvalue weighted by atomic mass is 10.4. The third kappa shape index (κ3) is 7.60. The van der Waals surface area contributed by atoms with Gasteiger partial charge < -0.3 is 9.47 Å². The summed E-state index contributed by atoms with van der Waals surface area (Å²) >= 11 is 30.6. The van der Waals surface area contributed by atoms with Gasteiger partial charge in [-0.2, -0.15) is 13.5 Å². The van der Waals surface area contributed by atoms with Crippen LogP contribution >= 0.6 is 74.6 Å². The van der Waals surface area contributed by atoms with Crippen LogP contribution in [0.4, 0.5) is 0 Å². The molecule has 7 nitrogen and oxygen atoms in total. The molecule has 2 atom stereocenters. The summed E-state index contributed by atoms with van der Waals surface area (Å²) in [5, 5.41) is 0. The molecule has 0 radical (unpaired) electrons. The quantitative estimate of drug-likeness (QED) is 0.204. The minimum atomic E-state index is -3.29. The molecule has 0 amide bonds. The van der Waals surface area contributed by atoms with Gasteiger partial charge in [0.2, 0.25) is 0 Å². The Morgan fingerprint density at radius 1 is 1.04 bits per heavy atom. The van der Waals surface area contributed by atoms with E-state index in [0.29, 0.717) is 0 Å². The van der Waals surface area contributed by atoms with Gasteiger partial charge in [-0.05, 0) is 51.9 Å². The molecule has 1 aliphatic rings. The fourth-order valence-electron chi connectivity index (χ4n) is 1.40. The molecule has 0 aromatic rings. The molecule has 1 heterocycles. The van der Waals surface area contributed by atoms with Crippen LogP contribution in [0.15, 0.2) is 38.4 Å². The Balaban J connectivity index is 3.23. The van der Waals surface area contributed by atoms with Gasteiger partial charge in [0.25, 0.3) is 11.8 Å². The molecule has 0 N–H and O–H groups in total. The third-order valence-corrected chi connectivity index (χ3v) is 16.1. The average molecular weight is 509 g/mol. The van der Waals surface area contributed by atoms with Crippen LogP contribution in [-0.4, -0.2) is 30.8 Å². The minimum Gasteiger partial charge on any atom is -0.462 e. The number of ether oxygens (including phenoxy) is 2. The van der Waals surface area contributed by atoms with Gasteiger partial charge in [0.05, 0.1) is 5.66 Å². The van der Waals surface area contributed by atoms with Crippen molar-refractivity contribution in [3.05, 3.63) is 24.8 Å². The van der Waals surface area contributed by atoms with E-state index in [9.17, 15) is 9.59 Å². The highest BCUT2D eigenvalue weighted by molar-refractivity contribution is 8.22. The van der Waals surface area contributed by atoms with Crippen molar-refractivity contribution in [1.82, 2.24) is 0 Å². The minimum absolute atomic E-state index is 0.171. The Labute approximate surface area is 169 Å². The predicted octanol–water partition coefficient (Wildman–Crippen LogP) is 7.33. The lowest BCUT2D eigenvalue weighted by molar-refractivity contribution is -0.140. The van der Waals surface area contributed by atoms with Gasteiger partial charge in [-0.25, -0.2) is 9.59 Å². The molecule has 0 aliphatic carbocycles. The topological polar surface area (TPSA) is 89.7 Å². The van der Waals surface area contributed by atoms with Crippen molar-refractivity contribution in [2.75, 3.05) is 13.2 Å². The Kier molecular flexibility index (Phi) is 8.65. The highest BCUT2D eigenvalue weighted by Gasteiger charge is 2.39. The summed E-state index contributed by atoms with van der Waals surface area (Å²) in [6.45, 7) is 4.34. The second kappa shape index (κ2) is 9.17. The zero-order chi connectivity index (χ0) is 19.5. The molecule has 0 fully saturated rings. The normalized spacial score (nSPS) is 24.6. The number of rotatable bonds is 7. The number of hydrogen-bond donors (Lipinski definition) is 0. The number of hydrogen-bond acceptors (Lipinski definition) is 7. The van der Waals surface area contributed by atoms with Gasteiger partial charge in [0.15, 0.2) is 6.56 Å². The van der Waals surface area contributed by atoms with Crippen LogP contribution < -0.4 is 0 Å². The predicted molar refractivity (Wildman–Crippen MR) is 108 cm³/mol. The van der Waals surface area contributed by atoms with E-state index in [-0.39, 0.29) is 18.8 Å². The SMILES string of the molecule is C=CC(=O)OCC(COC(=O)C(=C)C)P1(Cl)=NP(Cl)(Cl)=NP(Cl)(Cl)=N1. The van der Waals surface area contributed by atoms with Crippen molar-refractivity contribution in [3.63, 3.8) is 0 Å². The molecule has 2 unspecified atom stereocenters. The molecule has 0 spiro atoms. The van der Waals surface area contributed by atoms with Crippen molar-refractivity contribution in [3.8, 4) is 0 Å². The lowest BCUT2D eigenvalue weighted by Gasteiger charge is -2.28. The van der Waals surface area contributed by atoms with E-state index >= 15 is 0 Å². The van der Waals surface area contributed by atoms with E-state index in [1.54, 1.807) is 0 Å². The van der Waals surface area contributed by atoms with Crippen molar-refractivity contribution in [2.45, 2.75) is 12.6 Å². The first-order valence-electron chi connectivity index (χ1n) is 6.31. The van der Waals surface area contributed by atoms with Crippen molar-refractivity contribution in [1.29, 1.82) is 0 Å². The number of carbonyl (C=O) groups excluding carboxylic acids is 2. The largest absolute Gasteiger partial charge is 0.462 e. The summed E-state index contributed by atoms with van der Waals surface area (Å²) in [5.41, 5.74) is -0.699. The van der Waals surface area contributed by atoms with Crippen LogP contribution in [0.1, 0.15) is 6.92 Å². The van der Waals surface area contributed by atoms with Gasteiger partial charge in [-0.3, -0.25) is 0 Å². The second-order valence-electron chi connectivity index (χ2n) is 4.62. The molecular formula is C10H13Cl5N3O4P3.